The number of hydrogen-bond donors (Lipinski definition) is 1. The Balaban J connectivity index is 1.06. The fourth-order valence-electron chi connectivity index (χ4n) is 8.08. The SMILES string of the molecule is COc1cc(C(=O)N2CCCC(CCN3CCC(N(Cc4ccc(C)o4)c4nc5ccccc5[nH]4)CC3)(c3ccccc3)C2)cc(OC)c1OC. The minimum Gasteiger partial charge on any atom is -0.493 e. The molecule has 0 radical (unpaired) electrons. The van der Waals surface area contributed by atoms with E-state index >= 15 is 0 Å². The van der Waals surface area contributed by atoms with Crippen LogP contribution in [0.1, 0.15) is 59.5 Å². The zero-order chi connectivity index (χ0) is 35.4. The highest BCUT2D eigenvalue weighted by Crippen LogP contribution is 2.41. The second-order valence-corrected chi connectivity index (χ2v) is 13.9. The van der Waals surface area contributed by atoms with Gasteiger partial charge in [0.25, 0.3) is 5.91 Å². The van der Waals surface area contributed by atoms with Gasteiger partial charge in [-0.1, -0.05) is 42.5 Å². The number of H-pyrrole nitrogens is 1. The van der Waals surface area contributed by atoms with Crippen LogP contribution in [-0.4, -0.2) is 85.8 Å². The molecule has 2 aliphatic heterocycles. The summed E-state index contributed by atoms with van der Waals surface area (Å²) in [5, 5.41) is 0. The van der Waals surface area contributed by atoms with Gasteiger partial charge in [0, 0.05) is 43.2 Å². The molecule has 4 heterocycles. The maximum atomic E-state index is 14.1. The molecule has 5 aromatic rings. The second-order valence-electron chi connectivity index (χ2n) is 13.9. The van der Waals surface area contributed by atoms with Gasteiger partial charge < -0.3 is 38.3 Å². The molecule has 7 rings (SSSR count). The van der Waals surface area contributed by atoms with Crippen LogP contribution in [0.3, 0.4) is 0 Å². The number of anilines is 1. The van der Waals surface area contributed by atoms with E-state index in [4.69, 9.17) is 23.6 Å². The number of furan rings is 1. The Hall–Kier alpha value is -4.96. The second kappa shape index (κ2) is 15.1. The van der Waals surface area contributed by atoms with E-state index in [-0.39, 0.29) is 11.3 Å². The first kappa shape index (κ1) is 34.5. The number of rotatable bonds is 12. The van der Waals surface area contributed by atoms with Gasteiger partial charge >= 0.3 is 0 Å². The molecule has 0 aliphatic carbocycles. The number of aromatic nitrogens is 2. The van der Waals surface area contributed by atoms with Crippen LogP contribution >= 0.6 is 0 Å². The lowest BCUT2D eigenvalue weighted by Crippen LogP contribution is -2.51. The highest BCUT2D eigenvalue weighted by Gasteiger charge is 2.40. The first-order chi connectivity index (χ1) is 24.9. The standard InChI is InChI=1S/C41H49N5O5/c1-29-15-16-33(51-29)27-46(40-42-34-13-8-9-14-35(34)43-40)32-17-22-44(23-18-32)24-20-41(31-11-6-5-7-12-31)19-10-21-45(28-41)39(47)30-25-36(48-2)38(50-4)37(26-30)49-3/h5-9,11-16,25-26,32H,10,17-24,27-28H2,1-4H3,(H,42,43). The van der Waals surface area contributed by atoms with Crippen LogP contribution < -0.4 is 19.1 Å². The molecule has 268 valence electrons. The van der Waals surface area contributed by atoms with E-state index < -0.39 is 0 Å². The van der Waals surface area contributed by atoms with Gasteiger partial charge in [-0.15, -0.1) is 0 Å². The highest BCUT2D eigenvalue weighted by molar-refractivity contribution is 5.96. The van der Waals surface area contributed by atoms with Gasteiger partial charge in [-0.3, -0.25) is 4.79 Å². The molecule has 1 N–H and O–H groups in total. The van der Waals surface area contributed by atoms with E-state index in [1.807, 2.05) is 30.0 Å². The Morgan fingerprint density at radius 1 is 0.941 bits per heavy atom. The summed E-state index contributed by atoms with van der Waals surface area (Å²) in [4.78, 5) is 29.7. The van der Waals surface area contributed by atoms with E-state index in [2.05, 4.69) is 63.3 Å². The van der Waals surface area contributed by atoms with Crippen LogP contribution in [0.5, 0.6) is 17.2 Å². The van der Waals surface area contributed by atoms with E-state index in [0.29, 0.717) is 48.5 Å². The molecule has 3 aromatic carbocycles. The fraction of sp³-hybridized carbons (Fsp3) is 0.415. The molecule has 2 saturated heterocycles. The number of benzene rings is 3. The first-order valence-electron chi connectivity index (χ1n) is 18.0. The van der Waals surface area contributed by atoms with Gasteiger partial charge in [-0.05, 0) is 87.5 Å². The number of carbonyl (C=O) groups excluding carboxylic acids is 1. The van der Waals surface area contributed by atoms with Crippen LogP contribution in [-0.2, 0) is 12.0 Å². The fourth-order valence-corrected chi connectivity index (χ4v) is 8.08. The molecule has 2 aliphatic rings. The van der Waals surface area contributed by atoms with Gasteiger partial charge in [0.2, 0.25) is 11.7 Å². The third-order valence-corrected chi connectivity index (χ3v) is 10.8. The highest BCUT2D eigenvalue weighted by atomic mass is 16.5. The molecule has 0 spiro atoms. The molecule has 1 atom stereocenters. The number of aryl methyl sites for hydroxylation is 1. The van der Waals surface area contributed by atoms with Crippen molar-refractivity contribution in [3.8, 4) is 17.2 Å². The summed E-state index contributed by atoms with van der Waals surface area (Å²) in [7, 11) is 4.72. The third kappa shape index (κ3) is 7.28. The summed E-state index contributed by atoms with van der Waals surface area (Å²) in [6, 6.07) is 26.9. The van der Waals surface area contributed by atoms with E-state index in [9.17, 15) is 4.79 Å². The van der Waals surface area contributed by atoms with Gasteiger partial charge in [0.15, 0.2) is 11.5 Å². The van der Waals surface area contributed by atoms with E-state index in [1.165, 1.54) is 5.56 Å². The van der Waals surface area contributed by atoms with Crippen molar-refractivity contribution >= 4 is 22.9 Å². The lowest BCUT2D eigenvalue weighted by molar-refractivity contribution is 0.0606. The summed E-state index contributed by atoms with van der Waals surface area (Å²) in [5.74, 6) is 4.18. The molecule has 1 amide bonds. The summed E-state index contributed by atoms with van der Waals surface area (Å²) in [5.41, 5.74) is 3.70. The number of piperidine rings is 2. The molecule has 0 bridgehead atoms. The van der Waals surface area contributed by atoms with Crippen molar-refractivity contribution in [3.63, 3.8) is 0 Å². The third-order valence-electron chi connectivity index (χ3n) is 10.8. The number of fused-ring (bicyclic) bond motifs is 1. The summed E-state index contributed by atoms with van der Waals surface area (Å²) in [6.07, 6.45) is 5.00. The zero-order valence-corrected chi connectivity index (χ0v) is 30.2. The molecule has 10 heteroatoms. The first-order valence-corrected chi connectivity index (χ1v) is 18.0. The largest absolute Gasteiger partial charge is 0.493 e. The average Bonchev–Trinajstić information content (AvgIpc) is 3.81. The number of imidazole rings is 1. The number of nitrogens with one attached hydrogen (secondary N) is 1. The number of methoxy groups -OCH3 is 3. The lowest BCUT2D eigenvalue weighted by Gasteiger charge is -2.45. The number of nitrogens with zero attached hydrogens (tertiary/aromatic N) is 4. The quantitative estimate of drug-likeness (QED) is 0.147. The van der Waals surface area contributed by atoms with Crippen molar-refractivity contribution in [2.24, 2.45) is 0 Å². The monoisotopic (exact) mass is 691 g/mol. The topological polar surface area (TPSA) is 96.3 Å². The Morgan fingerprint density at radius 2 is 1.67 bits per heavy atom. The molecule has 51 heavy (non-hydrogen) atoms. The van der Waals surface area contributed by atoms with Crippen molar-refractivity contribution in [1.29, 1.82) is 0 Å². The Bertz CT molecular complexity index is 1870. The predicted octanol–water partition coefficient (Wildman–Crippen LogP) is 7.23. The summed E-state index contributed by atoms with van der Waals surface area (Å²) >= 11 is 0. The number of likely N-dealkylation sites (tertiary alicyclic amines) is 2. The molecular weight excluding hydrogens is 642 g/mol. The Kier molecular flexibility index (Phi) is 10.2. The van der Waals surface area contributed by atoms with Crippen LogP contribution in [0.2, 0.25) is 0 Å². The number of carbonyl (C=O) groups is 1. The van der Waals surface area contributed by atoms with Gasteiger partial charge in [-0.25, -0.2) is 4.98 Å². The van der Waals surface area contributed by atoms with E-state index in [0.717, 1.165) is 80.2 Å². The molecule has 2 fully saturated rings. The lowest BCUT2D eigenvalue weighted by atomic mass is 9.71. The van der Waals surface area contributed by atoms with Crippen LogP contribution in [0, 0.1) is 6.92 Å². The molecule has 1 unspecified atom stereocenters. The van der Waals surface area contributed by atoms with Crippen LogP contribution in [0.25, 0.3) is 11.0 Å². The van der Waals surface area contributed by atoms with Crippen LogP contribution in [0.15, 0.2) is 83.3 Å². The van der Waals surface area contributed by atoms with Gasteiger partial charge in [0.1, 0.15) is 11.5 Å². The van der Waals surface area contributed by atoms with Crippen LogP contribution in [0.4, 0.5) is 5.95 Å². The normalized spacial score (nSPS) is 18.5. The number of hydrogen-bond acceptors (Lipinski definition) is 8. The van der Waals surface area contributed by atoms with Crippen molar-refractivity contribution in [2.75, 3.05) is 59.0 Å². The predicted molar refractivity (Wildman–Crippen MR) is 199 cm³/mol. The summed E-state index contributed by atoms with van der Waals surface area (Å²) in [6.45, 7) is 6.99. The molecule has 2 aromatic heterocycles. The number of ether oxygens (including phenoxy) is 3. The minimum atomic E-state index is -0.149. The minimum absolute atomic E-state index is 0.0208. The molecular formula is C41H49N5O5. The average molecular weight is 692 g/mol. The van der Waals surface area contributed by atoms with E-state index in [1.54, 1.807) is 33.5 Å². The van der Waals surface area contributed by atoms with Gasteiger partial charge in [0.05, 0.1) is 38.9 Å². The maximum Gasteiger partial charge on any atom is 0.254 e. The van der Waals surface area contributed by atoms with Crippen molar-refractivity contribution in [1.82, 2.24) is 19.8 Å². The maximum absolute atomic E-state index is 14.1. The number of para-hydroxylation sites is 2. The molecule has 0 saturated carbocycles. The Labute approximate surface area is 300 Å². The number of amides is 1. The van der Waals surface area contributed by atoms with Gasteiger partial charge in [-0.2, -0.15) is 0 Å². The summed E-state index contributed by atoms with van der Waals surface area (Å²) < 4.78 is 22.7. The van der Waals surface area contributed by atoms with Crippen molar-refractivity contribution in [2.45, 2.75) is 57.0 Å². The van der Waals surface area contributed by atoms with Crippen molar-refractivity contribution < 1.29 is 23.4 Å². The molecule has 10 nitrogen and oxygen atoms in total. The Morgan fingerprint density at radius 3 is 2.33 bits per heavy atom. The smallest absolute Gasteiger partial charge is 0.254 e. The van der Waals surface area contributed by atoms with Crippen molar-refractivity contribution in [3.05, 3.63) is 102 Å². The zero-order valence-electron chi connectivity index (χ0n) is 30.2. The number of aromatic amines is 1.